The third-order valence-electron chi connectivity index (χ3n) is 10.4. The second-order valence-corrected chi connectivity index (χ2v) is 14.3. The summed E-state index contributed by atoms with van der Waals surface area (Å²) in [5.74, 6) is 0.394. The number of carboxylic acid groups (broad SMARTS) is 1. The van der Waals surface area contributed by atoms with Gasteiger partial charge in [-0.25, -0.2) is 24.9 Å². The number of ether oxygens (including phenoxy) is 1. The van der Waals surface area contributed by atoms with E-state index in [0.717, 1.165) is 63.4 Å². The summed E-state index contributed by atoms with van der Waals surface area (Å²) in [7, 11) is 3.73. The molecule has 2 N–H and O–H groups in total. The molecule has 7 rings (SSSR count). The molecule has 272 valence electrons. The number of pyridine rings is 2. The first-order valence-corrected chi connectivity index (χ1v) is 17.7. The van der Waals surface area contributed by atoms with Crippen LogP contribution < -0.4 is 9.80 Å². The minimum absolute atomic E-state index is 0.0245. The van der Waals surface area contributed by atoms with Gasteiger partial charge < -0.3 is 24.6 Å². The van der Waals surface area contributed by atoms with E-state index in [9.17, 15) is 18.0 Å². The predicted molar refractivity (Wildman–Crippen MR) is 187 cm³/mol. The molecule has 15 heteroatoms. The summed E-state index contributed by atoms with van der Waals surface area (Å²) < 4.78 is 47.8. The molecule has 4 aromatic rings. The molecule has 0 atom stereocenters. The van der Waals surface area contributed by atoms with Gasteiger partial charge >= 0.3 is 12.1 Å². The first-order chi connectivity index (χ1) is 24.5. The zero-order valence-corrected chi connectivity index (χ0v) is 29.0. The summed E-state index contributed by atoms with van der Waals surface area (Å²) in [6.45, 7) is 4.73. The molecule has 51 heavy (non-hydrogen) atoms. The molecule has 3 aliphatic rings. The summed E-state index contributed by atoms with van der Waals surface area (Å²) in [4.78, 5) is 43.7. The van der Waals surface area contributed by atoms with Crippen molar-refractivity contribution in [3.8, 4) is 22.8 Å². The standard InChI is InChI=1S/C36H44F3N9O3/c1-46(21-35(22-51-2)9-4-3-5-10-35)28-18-26(24-16-25(23-6-7-23)42-29(17-24)36(37,38)39)43-34-32(28)44-33(45-34)27-19-41-30(20-40-27)48-14-12-47(13-15-48)11-8-31(49)50/h16-20,23H,3-15,21-22H2,1-2H3,(H,49,50)(H,43,44,45). The van der Waals surface area contributed by atoms with Gasteiger partial charge in [0.1, 0.15) is 22.7 Å². The van der Waals surface area contributed by atoms with Crippen LogP contribution in [0.15, 0.2) is 30.6 Å². The van der Waals surface area contributed by atoms with Crippen LogP contribution in [0, 0.1) is 5.41 Å². The average molecular weight is 708 g/mol. The lowest BCUT2D eigenvalue weighted by Crippen LogP contribution is -2.47. The number of hydrogen-bond donors (Lipinski definition) is 2. The third kappa shape index (κ3) is 7.93. The zero-order valence-electron chi connectivity index (χ0n) is 29.0. The SMILES string of the molecule is COCC1(CN(C)c2cc(-c3cc(C4CC4)nc(C(F)(F)F)c3)nc3nc(-c4cnc(N5CCN(CCC(=O)O)CC5)cn4)[nH]c23)CCCCC1. The predicted octanol–water partition coefficient (Wildman–Crippen LogP) is 6.00. The van der Waals surface area contributed by atoms with Crippen molar-refractivity contribution in [2.75, 3.05) is 69.8 Å². The van der Waals surface area contributed by atoms with Crippen LogP contribution in [0.4, 0.5) is 24.7 Å². The maximum atomic E-state index is 14.0. The van der Waals surface area contributed by atoms with Gasteiger partial charge in [0.2, 0.25) is 0 Å². The largest absolute Gasteiger partial charge is 0.481 e. The van der Waals surface area contributed by atoms with Crippen molar-refractivity contribution in [1.29, 1.82) is 0 Å². The Morgan fingerprint density at radius 1 is 1.02 bits per heavy atom. The highest BCUT2D eigenvalue weighted by Gasteiger charge is 2.37. The van der Waals surface area contributed by atoms with E-state index < -0.39 is 17.8 Å². The molecule has 4 aromatic heterocycles. The normalized spacial score (nSPS) is 18.3. The molecule has 0 radical (unpaired) electrons. The minimum atomic E-state index is -4.59. The van der Waals surface area contributed by atoms with Crippen LogP contribution in [-0.4, -0.2) is 106 Å². The van der Waals surface area contributed by atoms with Crippen LogP contribution in [0.5, 0.6) is 0 Å². The molecule has 2 aliphatic carbocycles. The number of anilines is 2. The number of aromatic amines is 1. The smallest absolute Gasteiger partial charge is 0.433 e. The van der Waals surface area contributed by atoms with E-state index in [-0.39, 0.29) is 17.8 Å². The number of carboxylic acids is 1. The highest BCUT2D eigenvalue weighted by atomic mass is 19.4. The van der Waals surface area contributed by atoms with Crippen LogP contribution >= 0.6 is 0 Å². The Balaban J connectivity index is 1.22. The number of methoxy groups -OCH3 is 1. The fourth-order valence-electron chi connectivity index (χ4n) is 7.58. The number of imidazole rings is 1. The van der Waals surface area contributed by atoms with Crippen molar-refractivity contribution in [3.63, 3.8) is 0 Å². The second-order valence-electron chi connectivity index (χ2n) is 14.3. The summed E-state index contributed by atoms with van der Waals surface area (Å²) in [5.41, 5.74) is 2.54. The third-order valence-corrected chi connectivity index (χ3v) is 10.4. The molecule has 0 amide bonds. The number of hydrogen-bond acceptors (Lipinski definition) is 10. The summed E-state index contributed by atoms with van der Waals surface area (Å²) in [5, 5.41) is 9.00. The molecule has 0 spiro atoms. The van der Waals surface area contributed by atoms with Crippen LogP contribution in [0.1, 0.15) is 68.7 Å². The molecule has 5 heterocycles. The number of fused-ring (bicyclic) bond motifs is 1. The Labute approximate surface area is 294 Å². The van der Waals surface area contributed by atoms with Gasteiger partial charge in [-0.1, -0.05) is 19.3 Å². The lowest BCUT2D eigenvalue weighted by atomic mass is 9.74. The fourth-order valence-corrected chi connectivity index (χ4v) is 7.58. The monoisotopic (exact) mass is 707 g/mol. The molecule has 0 unspecified atom stereocenters. The van der Waals surface area contributed by atoms with E-state index in [2.05, 4.69) is 34.6 Å². The number of halogens is 3. The number of H-pyrrole nitrogens is 1. The zero-order chi connectivity index (χ0) is 35.8. The van der Waals surface area contributed by atoms with Crippen LogP contribution in [0.2, 0.25) is 0 Å². The molecule has 0 aromatic carbocycles. The van der Waals surface area contributed by atoms with Gasteiger partial charge in [0.05, 0.1) is 36.8 Å². The number of alkyl halides is 3. The second kappa shape index (κ2) is 14.3. The van der Waals surface area contributed by atoms with Gasteiger partial charge in [0, 0.05) is 76.0 Å². The molecule has 0 bridgehead atoms. The van der Waals surface area contributed by atoms with Gasteiger partial charge in [-0.15, -0.1) is 0 Å². The van der Waals surface area contributed by atoms with Crippen LogP contribution in [-0.2, 0) is 15.7 Å². The lowest BCUT2D eigenvalue weighted by Gasteiger charge is -2.40. The number of nitrogens with one attached hydrogen (secondary N) is 1. The Morgan fingerprint density at radius 2 is 1.78 bits per heavy atom. The van der Waals surface area contributed by atoms with Crippen molar-refractivity contribution in [2.45, 2.75) is 63.5 Å². The van der Waals surface area contributed by atoms with Crippen molar-refractivity contribution in [2.24, 2.45) is 5.41 Å². The van der Waals surface area contributed by atoms with Crippen molar-refractivity contribution >= 4 is 28.6 Å². The summed E-state index contributed by atoms with van der Waals surface area (Å²) in [6, 6.07) is 4.67. The number of piperazine rings is 1. The van der Waals surface area contributed by atoms with Gasteiger partial charge in [-0.3, -0.25) is 9.69 Å². The average Bonchev–Trinajstić information content (AvgIpc) is 3.89. The van der Waals surface area contributed by atoms with E-state index >= 15 is 0 Å². The number of carbonyl (C=O) groups is 1. The minimum Gasteiger partial charge on any atom is -0.481 e. The van der Waals surface area contributed by atoms with Gasteiger partial charge in [0.15, 0.2) is 11.5 Å². The lowest BCUT2D eigenvalue weighted by molar-refractivity contribution is -0.141. The Bertz CT molecular complexity index is 1840. The Kier molecular flexibility index (Phi) is 9.85. The van der Waals surface area contributed by atoms with E-state index in [1.165, 1.54) is 6.42 Å². The molecule has 1 saturated heterocycles. The number of aromatic nitrogens is 6. The molecular weight excluding hydrogens is 663 g/mol. The Hall–Kier alpha value is -4.37. The molecule has 3 fully saturated rings. The van der Waals surface area contributed by atoms with E-state index in [1.54, 1.807) is 25.6 Å². The van der Waals surface area contributed by atoms with E-state index in [4.69, 9.17) is 19.8 Å². The van der Waals surface area contributed by atoms with Crippen molar-refractivity contribution < 1.29 is 27.8 Å². The van der Waals surface area contributed by atoms with Gasteiger partial charge in [-0.2, -0.15) is 13.2 Å². The van der Waals surface area contributed by atoms with Crippen LogP contribution in [0.25, 0.3) is 33.9 Å². The van der Waals surface area contributed by atoms with Gasteiger partial charge in [0.25, 0.3) is 0 Å². The Morgan fingerprint density at radius 3 is 2.43 bits per heavy atom. The highest BCUT2D eigenvalue weighted by Crippen LogP contribution is 2.43. The van der Waals surface area contributed by atoms with Crippen molar-refractivity contribution in [1.82, 2.24) is 34.8 Å². The topological polar surface area (TPSA) is 136 Å². The number of aliphatic carboxylic acids is 1. The van der Waals surface area contributed by atoms with E-state index in [0.29, 0.717) is 78.2 Å². The number of nitrogens with zero attached hydrogens (tertiary/aromatic N) is 8. The number of rotatable bonds is 12. The maximum Gasteiger partial charge on any atom is 0.433 e. The van der Waals surface area contributed by atoms with Crippen LogP contribution in [0.3, 0.4) is 0 Å². The van der Waals surface area contributed by atoms with Crippen molar-refractivity contribution in [3.05, 3.63) is 42.0 Å². The molecule has 1 aliphatic heterocycles. The maximum absolute atomic E-state index is 14.0. The molecule has 12 nitrogen and oxygen atoms in total. The van der Waals surface area contributed by atoms with Gasteiger partial charge in [-0.05, 0) is 43.9 Å². The fraction of sp³-hybridized carbons (Fsp3) is 0.556. The first kappa shape index (κ1) is 35.1. The molecular formula is C36H44F3N9O3. The highest BCUT2D eigenvalue weighted by molar-refractivity contribution is 5.91. The summed E-state index contributed by atoms with van der Waals surface area (Å²) >= 11 is 0. The van der Waals surface area contributed by atoms with E-state index in [1.807, 2.05) is 13.1 Å². The summed E-state index contributed by atoms with van der Waals surface area (Å²) in [6.07, 6.45) is 6.03. The first-order valence-electron chi connectivity index (χ1n) is 17.7. The molecule has 2 saturated carbocycles. The quantitative estimate of drug-likeness (QED) is 0.179.